The monoisotopic (exact) mass is 320 g/mol. The summed E-state index contributed by atoms with van der Waals surface area (Å²) >= 11 is -0.733. The van der Waals surface area contributed by atoms with Gasteiger partial charge in [0.05, 0.1) is 0 Å². The van der Waals surface area contributed by atoms with Crippen molar-refractivity contribution in [2.75, 3.05) is 13.2 Å². The van der Waals surface area contributed by atoms with Crippen molar-refractivity contribution in [3.8, 4) is 5.75 Å². The summed E-state index contributed by atoms with van der Waals surface area (Å²) in [7, 11) is 0. The molecule has 0 aromatic heterocycles. The molecular formula is C13H14F2O2Se. The van der Waals surface area contributed by atoms with Gasteiger partial charge in [-0.1, -0.05) is 0 Å². The van der Waals surface area contributed by atoms with Crippen LogP contribution in [0.25, 0.3) is 4.47 Å². The quantitative estimate of drug-likeness (QED) is 0.857. The molecule has 0 spiro atoms. The van der Waals surface area contributed by atoms with Crippen molar-refractivity contribution in [1.82, 2.24) is 0 Å². The standard InChI is InChI=1S/C13H14F2O2Se/c1-2-17-10-5-4-9(12(14)13(10)15)11-6-3-8(7-16)18-11/h3-6,16H,2,7,18H2,1H3. The molecule has 0 saturated heterocycles. The van der Waals surface area contributed by atoms with E-state index >= 15 is 0 Å². The zero-order chi connectivity index (χ0) is 13.1. The third-order valence-corrected chi connectivity index (χ3v) is 5.39. The van der Waals surface area contributed by atoms with Crippen molar-refractivity contribution in [1.29, 1.82) is 0 Å². The molecular weight excluding hydrogens is 305 g/mol. The van der Waals surface area contributed by atoms with Crippen LogP contribution in [0.5, 0.6) is 5.75 Å². The summed E-state index contributed by atoms with van der Waals surface area (Å²) < 4.78 is 34.3. The van der Waals surface area contributed by atoms with E-state index in [-0.39, 0.29) is 17.9 Å². The van der Waals surface area contributed by atoms with E-state index in [0.29, 0.717) is 6.61 Å². The topological polar surface area (TPSA) is 29.5 Å². The molecule has 0 atom stereocenters. The summed E-state index contributed by atoms with van der Waals surface area (Å²) in [5, 5.41) is 9.01. The fraction of sp³-hybridized carbons (Fsp3) is 0.231. The molecule has 5 heteroatoms. The zero-order valence-corrected chi connectivity index (χ0v) is 11.9. The Bertz CT molecular complexity index is 524. The number of rotatable bonds is 4. The molecule has 2 nitrogen and oxygen atoms in total. The molecule has 1 aromatic carbocycles. The number of halogens is 2. The van der Waals surface area contributed by atoms with E-state index in [1.165, 1.54) is 12.1 Å². The van der Waals surface area contributed by atoms with E-state index in [1.807, 2.05) is 0 Å². The normalized spacial score (nSPS) is 16.7. The van der Waals surface area contributed by atoms with Crippen LogP contribution in [0.1, 0.15) is 12.5 Å². The average molecular weight is 319 g/mol. The number of ether oxygens (including phenoxy) is 1. The van der Waals surface area contributed by atoms with Gasteiger partial charge < -0.3 is 0 Å². The second-order valence-electron chi connectivity index (χ2n) is 3.73. The second-order valence-corrected chi connectivity index (χ2v) is 6.73. The number of aliphatic hydroxyl groups excluding tert-OH is 1. The first-order chi connectivity index (χ1) is 8.67. The van der Waals surface area contributed by atoms with Gasteiger partial charge in [-0.05, 0) is 0 Å². The van der Waals surface area contributed by atoms with Crippen molar-refractivity contribution in [3.63, 3.8) is 0 Å². The summed E-state index contributed by atoms with van der Waals surface area (Å²) in [4.78, 5) is 0. The second kappa shape index (κ2) is 5.65. The Kier molecular flexibility index (Phi) is 4.17. The summed E-state index contributed by atoms with van der Waals surface area (Å²) in [5.41, 5.74) is 0.274. The third-order valence-electron chi connectivity index (χ3n) is 2.55. The minimum atomic E-state index is -0.945. The Morgan fingerprint density at radius 3 is 2.61 bits per heavy atom. The van der Waals surface area contributed by atoms with E-state index in [9.17, 15) is 8.78 Å². The van der Waals surface area contributed by atoms with E-state index in [2.05, 4.69) is 0 Å². The first-order valence-electron chi connectivity index (χ1n) is 5.57. The summed E-state index contributed by atoms with van der Waals surface area (Å²) in [6, 6.07) is 2.98. The van der Waals surface area contributed by atoms with E-state index in [0.717, 1.165) is 8.94 Å². The Labute approximate surface area is 110 Å². The molecule has 0 bridgehead atoms. The minimum absolute atomic E-state index is 0.0128. The summed E-state index contributed by atoms with van der Waals surface area (Å²) in [5.74, 6) is -1.88. The van der Waals surface area contributed by atoms with Crippen molar-refractivity contribution >= 4 is 19.4 Å². The summed E-state index contributed by atoms with van der Waals surface area (Å²) in [6.07, 6.45) is 3.53. The van der Waals surface area contributed by atoms with Gasteiger partial charge in [-0.3, -0.25) is 0 Å². The maximum atomic E-state index is 13.9. The van der Waals surface area contributed by atoms with Crippen LogP contribution >= 0.6 is 0 Å². The fourth-order valence-corrected chi connectivity index (χ4v) is 3.98. The third kappa shape index (κ3) is 2.48. The van der Waals surface area contributed by atoms with Crippen LogP contribution in [0, 0.1) is 11.6 Å². The van der Waals surface area contributed by atoms with Crippen molar-refractivity contribution < 1.29 is 18.6 Å². The Balaban J connectivity index is 2.29. The van der Waals surface area contributed by atoms with Crippen molar-refractivity contribution in [2.24, 2.45) is 0 Å². The summed E-state index contributed by atoms with van der Waals surface area (Å²) in [6.45, 7) is 2.00. The molecule has 1 aliphatic rings. The molecule has 18 heavy (non-hydrogen) atoms. The fourth-order valence-electron chi connectivity index (χ4n) is 1.70. The zero-order valence-electron chi connectivity index (χ0n) is 9.84. The molecule has 1 aliphatic heterocycles. The van der Waals surface area contributed by atoms with Crippen LogP contribution in [-0.2, 0) is 0 Å². The molecule has 0 fully saturated rings. The Hall–Kier alpha value is -1.16. The molecule has 0 radical (unpaired) electrons. The molecule has 1 N–H and O–H groups in total. The number of hydrogen-bond donors (Lipinski definition) is 1. The Morgan fingerprint density at radius 1 is 1.22 bits per heavy atom. The molecule has 1 aromatic rings. The first kappa shape index (κ1) is 13.3. The molecule has 1 heterocycles. The van der Waals surface area contributed by atoms with Crippen LogP contribution in [-0.4, -0.2) is 33.3 Å². The molecule has 0 unspecified atom stereocenters. The van der Waals surface area contributed by atoms with Crippen LogP contribution in [0.4, 0.5) is 8.78 Å². The maximum absolute atomic E-state index is 13.9. The predicted octanol–water partition coefficient (Wildman–Crippen LogP) is 1.76. The molecule has 2 rings (SSSR count). The van der Waals surface area contributed by atoms with Crippen LogP contribution < -0.4 is 4.74 Å². The molecule has 0 saturated carbocycles. The first-order valence-corrected chi connectivity index (χ1v) is 7.67. The van der Waals surface area contributed by atoms with Crippen LogP contribution in [0.2, 0.25) is 0 Å². The van der Waals surface area contributed by atoms with E-state index in [1.54, 1.807) is 19.1 Å². The number of allylic oxidation sites excluding steroid dienone is 2. The Morgan fingerprint density at radius 2 is 2.00 bits per heavy atom. The van der Waals surface area contributed by atoms with Crippen LogP contribution in [0.15, 0.2) is 28.8 Å². The average Bonchev–Trinajstić information content (AvgIpc) is 2.84. The van der Waals surface area contributed by atoms with Gasteiger partial charge in [-0.15, -0.1) is 0 Å². The van der Waals surface area contributed by atoms with E-state index < -0.39 is 26.6 Å². The van der Waals surface area contributed by atoms with Gasteiger partial charge in [0.15, 0.2) is 0 Å². The van der Waals surface area contributed by atoms with Gasteiger partial charge in [0.1, 0.15) is 0 Å². The van der Waals surface area contributed by atoms with Gasteiger partial charge in [-0.25, -0.2) is 0 Å². The van der Waals surface area contributed by atoms with Gasteiger partial charge in [0, 0.05) is 0 Å². The van der Waals surface area contributed by atoms with Crippen molar-refractivity contribution in [3.05, 3.63) is 46.0 Å². The van der Waals surface area contributed by atoms with Gasteiger partial charge in [0.2, 0.25) is 0 Å². The van der Waals surface area contributed by atoms with Gasteiger partial charge in [0.25, 0.3) is 0 Å². The number of benzene rings is 1. The number of aliphatic hydroxyl groups is 1. The van der Waals surface area contributed by atoms with Gasteiger partial charge >= 0.3 is 110 Å². The molecule has 0 amide bonds. The van der Waals surface area contributed by atoms with Crippen molar-refractivity contribution in [2.45, 2.75) is 6.92 Å². The SMILES string of the molecule is CCOc1ccc(C2=CC=C(CO)[SeH2]2)c(F)c1F. The van der Waals surface area contributed by atoms with E-state index in [4.69, 9.17) is 9.84 Å². The predicted molar refractivity (Wildman–Crippen MR) is 69.2 cm³/mol. The van der Waals surface area contributed by atoms with Crippen LogP contribution in [0.3, 0.4) is 0 Å². The molecule has 98 valence electrons. The van der Waals surface area contributed by atoms with Gasteiger partial charge in [-0.2, -0.15) is 0 Å². The molecule has 0 aliphatic carbocycles. The number of hydrogen-bond acceptors (Lipinski definition) is 2.